The minimum absolute atomic E-state index is 0.0193. The molecule has 0 unspecified atom stereocenters. The highest BCUT2D eigenvalue weighted by molar-refractivity contribution is 6.07. The average molecular weight is 347 g/mol. The maximum absolute atomic E-state index is 12.4. The van der Waals surface area contributed by atoms with Crippen molar-refractivity contribution in [1.29, 1.82) is 5.26 Å². The van der Waals surface area contributed by atoms with Crippen LogP contribution >= 0.6 is 0 Å². The van der Waals surface area contributed by atoms with Crippen molar-refractivity contribution in [3.8, 4) is 6.07 Å². The first-order valence-corrected chi connectivity index (χ1v) is 8.34. The van der Waals surface area contributed by atoms with Gasteiger partial charge in [0.25, 0.3) is 5.91 Å². The molecule has 0 saturated heterocycles. The number of rotatable bonds is 6. The second-order valence-electron chi connectivity index (χ2n) is 5.86. The third-order valence-electron chi connectivity index (χ3n) is 4.02. The van der Waals surface area contributed by atoms with Crippen molar-refractivity contribution in [2.24, 2.45) is 0 Å². The van der Waals surface area contributed by atoms with Crippen LogP contribution in [-0.4, -0.2) is 11.7 Å². The first kappa shape index (κ1) is 18.9. The zero-order chi connectivity index (χ0) is 19.1. The van der Waals surface area contributed by atoms with Crippen molar-refractivity contribution in [2.75, 3.05) is 10.6 Å². The molecule has 0 aliphatic heterocycles. The lowest BCUT2D eigenvalue weighted by Crippen LogP contribution is -2.16. The summed E-state index contributed by atoms with van der Waals surface area (Å²) in [6, 6.07) is 14.5. The molecule has 0 atom stereocenters. The average Bonchev–Trinajstić information content (AvgIpc) is 2.64. The molecule has 2 N–H and O–H groups in total. The zero-order valence-corrected chi connectivity index (χ0v) is 15.1. The molecule has 2 aromatic carbocycles. The van der Waals surface area contributed by atoms with Gasteiger partial charge in [-0.15, -0.1) is 0 Å². The summed E-state index contributed by atoms with van der Waals surface area (Å²) in [7, 11) is 0. The van der Waals surface area contributed by atoms with Crippen molar-refractivity contribution < 1.29 is 9.59 Å². The molecular weight excluding hydrogens is 326 g/mol. The van der Waals surface area contributed by atoms with Crippen molar-refractivity contribution in [3.05, 3.63) is 70.9 Å². The molecular formula is C21H21N3O2. The van der Waals surface area contributed by atoms with Crippen LogP contribution in [0.15, 0.2) is 54.2 Å². The number of nitrogens with one attached hydrogen (secondary N) is 2. The van der Waals surface area contributed by atoms with Crippen molar-refractivity contribution in [2.45, 2.75) is 27.2 Å². The SMILES string of the molecule is CCc1cccc(C)c1NC(=O)/C(C#N)=C\Nc1ccc(C(C)=O)cc1. The number of anilines is 2. The Morgan fingerprint density at radius 1 is 1.15 bits per heavy atom. The Labute approximate surface area is 153 Å². The maximum Gasteiger partial charge on any atom is 0.267 e. The van der Waals surface area contributed by atoms with Gasteiger partial charge in [-0.25, -0.2) is 0 Å². The van der Waals surface area contributed by atoms with Crippen LogP contribution < -0.4 is 10.6 Å². The monoisotopic (exact) mass is 347 g/mol. The van der Waals surface area contributed by atoms with Crippen molar-refractivity contribution in [1.82, 2.24) is 0 Å². The van der Waals surface area contributed by atoms with E-state index >= 15 is 0 Å². The molecule has 0 bridgehead atoms. The number of aryl methyl sites for hydroxylation is 2. The van der Waals surface area contributed by atoms with E-state index in [1.54, 1.807) is 24.3 Å². The number of nitrogens with zero attached hydrogens (tertiary/aromatic N) is 1. The van der Waals surface area contributed by atoms with Gasteiger partial charge in [0.1, 0.15) is 11.6 Å². The molecule has 2 aromatic rings. The van der Waals surface area contributed by atoms with E-state index in [1.165, 1.54) is 13.1 Å². The Morgan fingerprint density at radius 3 is 2.42 bits per heavy atom. The molecule has 0 aromatic heterocycles. The van der Waals surface area contributed by atoms with Crippen molar-refractivity contribution >= 4 is 23.1 Å². The van der Waals surface area contributed by atoms with Crippen LogP contribution in [0.2, 0.25) is 0 Å². The predicted octanol–water partition coefficient (Wildman–Crippen LogP) is 4.22. The van der Waals surface area contributed by atoms with Gasteiger partial charge in [-0.2, -0.15) is 5.26 Å². The molecule has 5 heteroatoms. The van der Waals surface area contributed by atoms with Crippen LogP contribution in [0.3, 0.4) is 0 Å². The number of amides is 1. The number of carbonyl (C=O) groups is 2. The van der Waals surface area contributed by atoms with Gasteiger partial charge in [0.2, 0.25) is 0 Å². The number of ketones is 1. The fourth-order valence-electron chi connectivity index (χ4n) is 2.49. The van der Waals surface area contributed by atoms with Crippen LogP contribution in [0.1, 0.15) is 35.3 Å². The van der Waals surface area contributed by atoms with Gasteiger partial charge in [0.15, 0.2) is 5.78 Å². The van der Waals surface area contributed by atoms with E-state index in [4.69, 9.17) is 0 Å². The second kappa shape index (κ2) is 8.63. The first-order chi connectivity index (χ1) is 12.5. The van der Waals surface area contributed by atoms with Gasteiger partial charge in [-0.3, -0.25) is 9.59 Å². The number of hydrogen-bond donors (Lipinski definition) is 2. The third kappa shape index (κ3) is 4.58. The molecule has 0 saturated carbocycles. The van der Waals surface area contributed by atoms with E-state index in [0.29, 0.717) is 11.3 Å². The normalized spacial score (nSPS) is 10.8. The number of carbonyl (C=O) groups excluding carboxylic acids is 2. The Kier molecular flexibility index (Phi) is 6.29. The third-order valence-corrected chi connectivity index (χ3v) is 4.02. The highest BCUT2D eigenvalue weighted by Gasteiger charge is 2.13. The van der Waals surface area contributed by atoms with Crippen LogP contribution in [0.5, 0.6) is 0 Å². The number of para-hydroxylation sites is 1. The Hall–Kier alpha value is -3.39. The van der Waals surface area contributed by atoms with Gasteiger partial charge in [0.05, 0.1) is 0 Å². The quantitative estimate of drug-likeness (QED) is 0.466. The molecule has 132 valence electrons. The smallest absolute Gasteiger partial charge is 0.267 e. The molecule has 1 amide bonds. The molecule has 2 rings (SSSR count). The van der Waals surface area contributed by atoms with Gasteiger partial charge < -0.3 is 10.6 Å². The van der Waals surface area contributed by atoms with Gasteiger partial charge in [0, 0.05) is 23.1 Å². The summed E-state index contributed by atoms with van der Waals surface area (Å²) in [4.78, 5) is 23.7. The summed E-state index contributed by atoms with van der Waals surface area (Å²) in [5, 5.41) is 15.0. The van der Waals surface area contributed by atoms with E-state index in [0.717, 1.165) is 23.2 Å². The maximum atomic E-state index is 12.4. The first-order valence-electron chi connectivity index (χ1n) is 8.34. The second-order valence-corrected chi connectivity index (χ2v) is 5.86. The number of Topliss-reactive ketones (excluding diaryl/α,β-unsaturated/α-hetero) is 1. The zero-order valence-electron chi connectivity index (χ0n) is 15.1. The molecule has 5 nitrogen and oxygen atoms in total. The molecule has 26 heavy (non-hydrogen) atoms. The van der Waals surface area contributed by atoms with Gasteiger partial charge in [-0.1, -0.05) is 25.1 Å². The van der Waals surface area contributed by atoms with Crippen LogP contribution in [-0.2, 0) is 11.2 Å². The summed E-state index contributed by atoms with van der Waals surface area (Å²) >= 11 is 0. The van der Waals surface area contributed by atoms with E-state index in [-0.39, 0.29) is 11.4 Å². The molecule has 0 aliphatic carbocycles. The van der Waals surface area contributed by atoms with E-state index in [2.05, 4.69) is 10.6 Å². The molecule has 0 heterocycles. The summed E-state index contributed by atoms with van der Waals surface area (Å²) < 4.78 is 0. The van der Waals surface area contributed by atoms with Crippen molar-refractivity contribution in [3.63, 3.8) is 0 Å². The van der Waals surface area contributed by atoms with E-state index in [9.17, 15) is 14.9 Å². The summed E-state index contributed by atoms with van der Waals surface area (Å²) in [5.74, 6) is -0.488. The molecule has 0 radical (unpaired) electrons. The fraction of sp³-hybridized carbons (Fsp3) is 0.190. The number of nitriles is 1. The molecule has 0 spiro atoms. The Balaban J connectivity index is 2.15. The van der Waals surface area contributed by atoms with Gasteiger partial charge in [-0.05, 0) is 55.7 Å². The standard InChI is InChI=1S/C21H21N3O2/c1-4-16-7-5-6-14(2)20(16)24-21(26)18(12-22)13-23-19-10-8-17(9-11-19)15(3)25/h5-11,13,23H,4H2,1-3H3,(H,24,26)/b18-13-. The Morgan fingerprint density at radius 2 is 1.85 bits per heavy atom. The summed E-state index contributed by atoms with van der Waals surface area (Å²) in [5.41, 5.74) is 3.95. The highest BCUT2D eigenvalue weighted by Crippen LogP contribution is 2.21. The molecule has 0 aliphatic rings. The largest absolute Gasteiger partial charge is 0.360 e. The van der Waals surface area contributed by atoms with Crippen LogP contribution in [0.4, 0.5) is 11.4 Å². The lowest BCUT2D eigenvalue weighted by Gasteiger charge is -2.12. The minimum atomic E-state index is -0.468. The fourth-order valence-corrected chi connectivity index (χ4v) is 2.49. The number of hydrogen-bond acceptors (Lipinski definition) is 4. The lowest BCUT2D eigenvalue weighted by molar-refractivity contribution is -0.112. The summed E-state index contributed by atoms with van der Waals surface area (Å²) in [6.07, 6.45) is 2.14. The molecule has 0 fully saturated rings. The lowest BCUT2D eigenvalue weighted by atomic mass is 10.1. The summed E-state index contributed by atoms with van der Waals surface area (Å²) in [6.45, 7) is 5.42. The van der Waals surface area contributed by atoms with Crippen LogP contribution in [0.25, 0.3) is 0 Å². The topological polar surface area (TPSA) is 82.0 Å². The number of benzene rings is 2. The van der Waals surface area contributed by atoms with E-state index < -0.39 is 5.91 Å². The van der Waals surface area contributed by atoms with E-state index in [1.807, 2.05) is 38.1 Å². The highest BCUT2D eigenvalue weighted by atomic mass is 16.1. The van der Waals surface area contributed by atoms with Gasteiger partial charge >= 0.3 is 0 Å². The predicted molar refractivity (Wildman–Crippen MR) is 103 cm³/mol. The minimum Gasteiger partial charge on any atom is -0.360 e. The van der Waals surface area contributed by atoms with Crippen LogP contribution in [0, 0.1) is 18.3 Å². The Bertz CT molecular complexity index is 890.